The average Bonchev–Trinajstić information content (AvgIpc) is 2.95. The van der Waals surface area contributed by atoms with Crippen LogP contribution in [0.15, 0.2) is 56.6 Å². The van der Waals surface area contributed by atoms with Crippen LogP contribution >= 0.6 is 0 Å². The average molecular weight is 387 g/mol. The van der Waals surface area contributed by atoms with E-state index in [9.17, 15) is 18.0 Å². The highest BCUT2D eigenvalue weighted by molar-refractivity contribution is 7.92. The van der Waals surface area contributed by atoms with E-state index in [2.05, 4.69) is 0 Å². The number of oxazole rings is 1. The van der Waals surface area contributed by atoms with Crippen LogP contribution < -0.4 is 15.8 Å². The number of rotatable bonds is 4. The van der Waals surface area contributed by atoms with E-state index in [1.165, 1.54) is 22.5 Å². The highest BCUT2D eigenvalue weighted by Crippen LogP contribution is 2.32. The maximum Gasteiger partial charge on any atom is 0.420 e. The highest BCUT2D eigenvalue weighted by Gasteiger charge is 2.29. The van der Waals surface area contributed by atoms with Crippen molar-refractivity contribution in [1.82, 2.24) is 4.57 Å². The number of hydrogen-bond donors (Lipinski definition) is 1. The molecule has 0 atom stereocenters. The van der Waals surface area contributed by atoms with Crippen LogP contribution in [0.2, 0.25) is 0 Å². The predicted molar refractivity (Wildman–Crippen MR) is 99.0 cm³/mol. The first-order chi connectivity index (χ1) is 12.9. The van der Waals surface area contributed by atoms with Crippen LogP contribution in [-0.2, 0) is 27.8 Å². The standard InChI is InChI=1S/C18H17N3O5S/c19-17(22)11-20-15-8-7-13(10-16(15)26-18(20)23)27(24,25)21-9-3-5-12-4-1-2-6-14(12)21/h1-2,4,6-8,10H,3,5,9,11H2,(H2,19,22). The molecule has 2 aromatic carbocycles. The minimum absolute atomic E-state index is 0.0201. The van der Waals surface area contributed by atoms with Gasteiger partial charge in [0.25, 0.3) is 10.0 Å². The topological polar surface area (TPSA) is 116 Å². The number of nitrogens with zero attached hydrogens (tertiary/aromatic N) is 2. The molecule has 1 aliphatic heterocycles. The van der Waals surface area contributed by atoms with Crippen LogP contribution in [0.25, 0.3) is 11.1 Å². The van der Waals surface area contributed by atoms with Gasteiger partial charge in [0, 0.05) is 12.6 Å². The second-order valence-corrected chi connectivity index (χ2v) is 8.22. The van der Waals surface area contributed by atoms with E-state index in [1.54, 1.807) is 12.1 Å². The molecule has 0 bridgehead atoms. The molecule has 1 amide bonds. The van der Waals surface area contributed by atoms with Gasteiger partial charge >= 0.3 is 5.76 Å². The Labute approximate surface area is 154 Å². The molecule has 0 saturated carbocycles. The second-order valence-electron chi connectivity index (χ2n) is 6.36. The normalized spacial score (nSPS) is 14.3. The van der Waals surface area contributed by atoms with E-state index in [0.717, 1.165) is 23.0 Å². The van der Waals surface area contributed by atoms with Crippen molar-refractivity contribution in [2.45, 2.75) is 24.3 Å². The van der Waals surface area contributed by atoms with Gasteiger partial charge in [-0.2, -0.15) is 0 Å². The molecule has 3 aromatic rings. The lowest BCUT2D eigenvalue weighted by molar-refractivity contribution is -0.118. The number of amides is 1. The summed E-state index contributed by atoms with van der Waals surface area (Å²) in [5, 5.41) is 0. The Bertz CT molecular complexity index is 1210. The van der Waals surface area contributed by atoms with Crippen molar-refractivity contribution < 1.29 is 17.6 Å². The van der Waals surface area contributed by atoms with Crippen LogP contribution in [0.3, 0.4) is 0 Å². The molecule has 0 radical (unpaired) electrons. The smallest absolute Gasteiger partial charge is 0.408 e. The molecule has 1 aliphatic rings. The number of fused-ring (bicyclic) bond motifs is 2. The number of benzene rings is 2. The quantitative estimate of drug-likeness (QED) is 0.723. The Morgan fingerprint density at radius 3 is 2.74 bits per heavy atom. The number of para-hydroxylation sites is 1. The number of primary amides is 1. The molecule has 2 heterocycles. The number of carbonyl (C=O) groups is 1. The first kappa shape index (κ1) is 17.3. The highest BCUT2D eigenvalue weighted by atomic mass is 32.2. The van der Waals surface area contributed by atoms with Crippen molar-refractivity contribution in [3.05, 3.63) is 58.6 Å². The third-order valence-corrected chi connectivity index (χ3v) is 6.42. The number of nitrogens with two attached hydrogens (primary N) is 1. The molecule has 4 rings (SSSR count). The van der Waals surface area contributed by atoms with Crippen LogP contribution in [0.1, 0.15) is 12.0 Å². The molecular formula is C18H17N3O5S. The molecule has 0 spiro atoms. The molecule has 0 fully saturated rings. The lowest BCUT2D eigenvalue weighted by atomic mass is 10.0. The van der Waals surface area contributed by atoms with Crippen LogP contribution in [-0.4, -0.2) is 25.4 Å². The van der Waals surface area contributed by atoms with Gasteiger partial charge in [-0.1, -0.05) is 18.2 Å². The number of sulfonamides is 1. The van der Waals surface area contributed by atoms with Gasteiger partial charge < -0.3 is 10.2 Å². The minimum atomic E-state index is -3.82. The van der Waals surface area contributed by atoms with Gasteiger partial charge in [-0.25, -0.2) is 13.2 Å². The fourth-order valence-electron chi connectivity index (χ4n) is 3.39. The SMILES string of the molecule is NC(=O)Cn1c(=O)oc2cc(S(=O)(=O)N3CCCc4ccccc43)ccc21. The fourth-order valence-corrected chi connectivity index (χ4v) is 4.95. The zero-order valence-electron chi connectivity index (χ0n) is 14.3. The first-order valence-corrected chi connectivity index (χ1v) is 9.84. The van der Waals surface area contributed by atoms with Crippen molar-refractivity contribution in [3.8, 4) is 0 Å². The van der Waals surface area contributed by atoms with Crippen molar-refractivity contribution in [1.29, 1.82) is 0 Å². The van der Waals surface area contributed by atoms with Gasteiger partial charge in [-0.05, 0) is 36.6 Å². The maximum atomic E-state index is 13.2. The number of carbonyl (C=O) groups excluding carboxylic acids is 1. The summed E-state index contributed by atoms with van der Waals surface area (Å²) in [6.45, 7) is 0.0431. The second kappa shape index (κ2) is 6.27. The third kappa shape index (κ3) is 2.89. The van der Waals surface area contributed by atoms with Crippen molar-refractivity contribution in [2.24, 2.45) is 5.73 Å². The summed E-state index contributed by atoms with van der Waals surface area (Å²) in [5.41, 5.74) is 7.19. The fraction of sp³-hybridized carbons (Fsp3) is 0.222. The van der Waals surface area contributed by atoms with Crippen LogP contribution in [0.4, 0.5) is 5.69 Å². The molecule has 140 valence electrons. The van der Waals surface area contributed by atoms with Gasteiger partial charge in [-0.15, -0.1) is 0 Å². The summed E-state index contributed by atoms with van der Waals surface area (Å²) in [5.74, 6) is -1.46. The van der Waals surface area contributed by atoms with Crippen molar-refractivity contribution in [3.63, 3.8) is 0 Å². The van der Waals surface area contributed by atoms with Crippen molar-refractivity contribution in [2.75, 3.05) is 10.8 Å². The number of aryl methyl sites for hydroxylation is 1. The molecule has 0 saturated heterocycles. The Morgan fingerprint density at radius 1 is 1.19 bits per heavy atom. The number of anilines is 1. The van der Waals surface area contributed by atoms with Gasteiger partial charge in [0.2, 0.25) is 5.91 Å². The summed E-state index contributed by atoms with van der Waals surface area (Å²) >= 11 is 0. The molecule has 0 unspecified atom stereocenters. The Kier molecular flexibility index (Phi) is 4.03. The summed E-state index contributed by atoms with van der Waals surface area (Å²) in [7, 11) is -3.82. The van der Waals surface area contributed by atoms with Gasteiger partial charge in [0.1, 0.15) is 6.54 Å². The zero-order valence-corrected chi connectivity index (χ0v) is 15.1. The molecule has 27 heavy (non-hydrogen) atoms. The Morgan fingerprint density at radius 2 is 1.96 bits per heavy atom. The van der Waals surface area contributed by atoms with E-state index >= 15 is 0 Å². The third-order valence-electron chi connectivity index (χ3n) is 4.61. The first-order valence-electron chi connectivity index (χ1n) is 8.40. The zero-order chi connectivity index (χ0) is 19.2. The van der Waals surface area contributed by atoms with E-state index in [4.69, 9.17) is 10.2 Å². The van der Waals surface area contributed by atoms with Crippen LogP contribution in [0.5, 0.6) is 0 Å². The predicted octanol–water partition coefficient (Wildman–Crippen LogP) is 1.22. The summed E-state index contributed by atoms with van der Waals surface area (Å²) in [4.78, 5) is 23.1. The molecular weight excluding hydrogens is 370 g/mol. The van der Waals surface area contributed by atoms with Crippen LogP contribution in [0, 0.1) is 0 Å². The van der Waals surface area contributed by atoms with Crippen molar-refractivity contribution >= 4 is 32.7 Å². The van der Waals surface area contributed by atoms with E-state index in [-0.39, 0.29) is 17.0 Å². The molecule has 8 nitrogen and oxygen atoms in total. The van der Waals surface area contributed by atoms with Gasteiger partial charge in [0.15, 0.2) is 5.58 Å². The maximum absolute atomic E-state index is 13.2. The molecule has 9 heteroatoms. The van der Waals surface area contributed by atoms with Gasteiger partial charge in [-0.3, -0.25) is 13.7 Å². The Balaban J connectivity index is 1.80. The van der Waals surface area contributed by atoms with E-state index in [1.807, 2.05) is 12.1 Å². The molecule has 2 N–H and O–H groups in total. The van der Waals surface area contributed by atoms with Gasteiger partial charge in [0.05, 0.1) is 16.1 Å². The largest absolute Gasteiger partial charge is 0.420 e. The lowest BCUT2D eigenvalue weighted by Gasteiger charge is -2.30. The van der Waals surface area contributed by atoms with E-state index < -0.39 is 21.7 Å². The number of hydrogen-bond acceptors (Lipinski definition) is 5. The summed E-state index contributed by atoms with van der Waals surface area (Å²) in [6.07, 6.45) is 1.55. The molecule has 1 aromatic heterocycles. The monoisotopic (exact) mass is 387 g/mol. The van der Waals surface area contributed by atoms with E-state index in [0.29, 0.717) is 17.7 Å². The minimum Gasteiger partial charge on any atom is -0.408 e. The summed E-state index contributed by atoms with van der Waals surface area (Å²) in [6, 6.07) is 11.6. The lowest BCUT2D eigenvalue weighted by Crippen LogP contribution is -2.35. The molecule has 0 aliphatic carbocycles. The number of aromatic nitrogens is 1. The summed E-state index contributed by atoms with van der Waals surface area (Å²) < 4.78 is 33.9. The Hall–Kier alpha value is -3.07.